The topological polar surface area (TPSA) is 67.4 Å². The van der Waals surface area contributed by atoms with Crippen LogP contribution in [0.4, 0.5) is 0 Å². The molecule has 9 heteroatoms. The molecule has 2 rings (SSSR count). The largest absolute Gasteiger partial charge is 0.361 e. The molecule has 2 heterocycles. The molecule has 0 unspecified atom stereocenters. The summed E-state index contributed by atoms with van der Waals surface area (Å²) in [7, 11) is 1.88. The van der Waals surface area contributed by atoms with Gasteiger partial charge in [0.25, 0.3) is 0 Å². The lowest BCUT2D eigenvalue weighted by atomic mass is 10.1. The third-order valence-electron chi connectivity index (χ3n) is 4.04. The van der Waals surface area contributed by atoms with Crippen molar-refractivity contribution in [2.75, 3.05) is 13.1 Å². The number of halogens is 3. The standard InChI is InChI=1S/C17H25Cl2N5O.HI/c1-5-20-17(22-10-13-9-15(18)16(19)24(13)4)21-8-6-7-14-11(2)23-25-12(14)3;/h9H,5-8,10H2,1-4H3,(H2,20,21,22);1H. The minimum atomic E-state index is 0. The Balaban J connectivity index is 0.00000338. The van der Waals surface area contributed by atoms with Crippen molar-refractivity contribution in [3.05, 3.63) is 39.0 Å². The number of aryl methyl sites for hydroxylation is 2. The van der Waals surface area contributed by atoms with Gasteiger partial charge in [0, 0.05) is 31.4 Å². The van der Waals surface area contributed by atoms with Crippen molar-refractivity contribution in [1.82, 2.24) is 20.4 Å². The van der Waals surface area contributed by atoms with Crippen LogP contribution in [0.2, 0.25) is 10.2 Å². The normalized spacial score (nSPS) is 11.4. The maximum absolute atomic E-state index is 6.09. The van der Waals surface area contributed by atoms with E-state index in [-0.39, 0.29) is 24.0 Å². The molecule has 2 aromatic rings. The molecule has 0 aliphatic heterocycles. The van der Waals surface area contributed by atoms with Crippen LogP contribution in [0.5, 0.6) is 0 Å². The molecule has 146 valence electrons. The molecule has 2 aromatic heterocycles. The molecule has 0 radical (unpaired) electrons. The summed E-state index contributed by atoms with van der Waals surface area (Å²) in [4.78, 5) is 4.59. The van der Waals surface area contributed by atoms with Crippen LogP contribution >= 0.6 is 47.2 Å². The van der Waals surface area contributed by atoms with E-state index in [1.807, 2.05) is 38.5 Å². The van der Waals surface area contributed by atoms with Gasteiger partial charge in [-0.15, -0.1) is 24.0 Å². The van der Waals surface area contributed by atoms with E-state index in [1.54, 1.807) is 0 Å². The minimum Gasteiger partial charge on any atom is -0.361 e. The van der Waals surface area contributed by atoms with Crippen LogP contribution in [0.1, 0.15) is 36.1 Å². The summed E-state index contributed by atoms with van der Waals surface area (Å²) in [5.74, 6) is 1.67. The zero-order chi connectivity index (χ0) is 18.4. The van der Waals surface area contributed by atoms with Gasteiger partial charge in [-0.1, -0.05) is 28.4 Å². The van der Waals surface area contributed by atoms with Gasteiger partial charge in [-0.2, -0.15) is 0 Å². The lowest BCUT2D eigenvalue weighted by molar-refractivity contribution is 0.392. The van der Waals surface area contributed by atoms with Gasteiger partial charge in [0.05, 0.1) is 17.3 Å². The van der Waals surface area contributed by atoms with Crippen LogP contribution in [0.3, 0.4) is 0 Å². The highest BCUT2D eigenvalue weighted by molar-refractivity contribution is 14.0. The first-order valence-corrected chi connectivity index (χ1v) is 9.13. The summed E-state index contributed by atoms with van der Waals surface area (Å²) in [5.41, 5.74) is 3.12. The van der Waals surface area contributed by atoms with Crippen LogP contribution in [0.25, 0.3) is 0 Å². The zero-order valence-corrected chi connectivity index (χ0v) is 19.4. The quantitative estimate of drug-likeness (QED) is 0.251. The monoisotopic (exact) mass is 513 g/mol. The van der Waals surface area contributed by atoms with E-state index in [1.165, 1.54) is 5.56 Å². The molecule has 0 atom stereocenters. The molecule has 0 spiro atoms. The summed E-state index contributed by atoms with van der Waals surface area (Å²) in [6.45, 7) is 8.07. The van der Waals surface area contributed by atoms with Crippen LogP contribution in [0, 0.1) is 13.8 Å². The van der Waals surface area contributed by atoms with E-state index in [0.29, 0.717) is 16.7 Å². The van der Waals surface area contributed by atoms with Crippen molar-refractivity contribution < 1.29 is 4.52 Å². The fourth-order valence-electron chi connectivity index (χ4n) is 2.57. The predicted molar refractivity (Wildman–Crippen MR) is 118 cm³/mol. The van der Waals surface area contributed by atoms with Crippen LogP contribution in [-0.4, -0.2) is 28.8 Å². The molecular formula is C17H26Cl2IN5O. The summed E-state index contributed by atoms with van der Waals surface area (Å²) in [6.07, 6.45) is 1.89. The summed E-state index contributed by atoms with van der Waals surface area (Å²) < 4.78 is 7.03. The van der Waals surface area contributed by atoms with Crippen molar-refractivity contribution in [1.29, 1.82) is 0 Å². The first-order chi connectivity index (χ1) is 11.9. The van der Waals surface area contributed by atoms with Gasteiger partial charge in [-0.25, -0.2) is 4.99 Å². The van der Waals surface area contributed by atoms with Gasteiger partial charge >= 0.3 is 0 Å². The van der Waals surface area contributed by atoms with Gasteiger partial charge in [-0.05, 0) is 39.7 Å². The SMILES string of the molecule is CCNC(=NCc1cc(Cl)c(Cl)n1C)NCCCc1c(C)noc1C.I. The van der Waals surface area contributed by atoms with E-state index < -0.39 is 0 Å². The molecule has 2 N–H and O–H groups in total. The Labute approximate surface area is 181 Å². The molecule has 0 amide bonds. The van der Waals surface area contributed by atoms with Gasteiger partial charge in [0.1, 0.15) is 10.9 Å². The highest BCUT2D eigenvalue weighted by Crippen LogP contribution is 2.25. The second-order valence-electron chi connectivity index (χ2n) is 5.86. The molecule has 26 heavy (non-hydrogen) atoms. The maximum Gasteiger partial charge on any atom is 0.191 e. The zero-order valence-electron chi connectivity index (χ0n) is 15.5. The maximum atomic E-state index is 6.09. The van der Waals surface area contributed by atoms with Gasteiger partial charge in [0.15, 0.2) is 5.96 Å². The third-order valence-corrected chi connectivity index (χ3v) is 4.88. The van der Waals surface area contributed by atoms with Crippen molar-refractivity contribution in [2.45, 2.75) is 40.2 Å². The lowest BCUT2D eigenvalue weighted by Crippen LogP contribution is -2.37. The van der Waals surface area contributed by atoms with Crippen molar-refractivity contribution in [3.63, 3.8) is 0 Å². The smallest absolute Gasteiger partial charge is 0.191 e. The number of guanidine groups is 1. The molecule has 0 aromatic carbocycles. The number of hydrogen-bond donors (Lipinski definition) is 2. The van der Waals surface area contributed by atoms with Gasteiger partial charge < -0.3 is 19.7 Å². The summed E-state index contributed by atoms with van der Waals surface area (Å²) in [5, 5.41) is 11.7. The Kier molecular flexibility index (Phi) is 9.81. The molecule has 0 aliphatic carbocycles. The number of hydrogen-bond acceptors (Lipinski definition) is 3. The Bertz CT molecular complexity index is 722. The van der Waals surface area contributed by atoms with Crippen molar-refractivity contribution in [3.8, 4) is 0 Å². The van der Waals surface area contributed by atoms with Crippen molar-refractivity contribution in [2.24, 2.45) is 12.0 Å². The fourth-order valence-corrected chi connectivity index (χ4v) is 2.99. The van der Waals surface area contributed by atoms with Crippen LogP contribution in [-0.2, 0) is 20.0 Å². The fraction of sp³-hybridized carbons (Fsp3) is 0.529. The average Bonchev–Trinajstić information content (AvgIpc) is 3.03. The van der Waals surface area contributed by atoms with Gasteiger partial charge in [0.2, 0.25) is 0 Å². The van der Waals surface area contributed by atoms with E-state index >= 15 is 0 Å². The molecule has 6 nitrogen and oxygen atoms in total. The minimum absolute atomic E-state index is 0. The number of rotatable bonds is 7. The molecule has 0 aliphatic rings. The van der Waals surface area contributed by atoms with E-state index in [4.69, 9.17) is 27.7 Å². The Morgan fingerprint density at radius 1 is 1.31 bits per heavy atom. The van der Waals surface area contributed by atoms with Crippen molar-refractivity contribution >= 4 is 53.1 Å². The third kappa shape index (κ3) is 6.06. The Morgan fingerprint density at radius 2 is 2.04 bits per heavy atom. The Morgan fingerprint density at radius 3 is 2.58 bits per heavy atom. The number of nitrogens with one attached hydrogen (secondary N) is 2. The molecular weight excluding hydrogens is 488 g/mol. The van der Waals surface area contributed by atoms with E-state index in [2.05, 4.69) is 20.8 Å². The molecule has 0 saturated heterocycles. The highest BCUT2D eigenvalue weighted by Gasteiger charge is 2.10. The van der Waals surface area contributed by atoms with E-state index in [0.717, 1.165) is 49.0 Å². The first kappa shape index (κ1) is 23.1. The second kappa shape index (κ2) is 11.0. The summed E-state index contributed by atoms with van der Waals surface area (Å²) >= 11 is 12.1. The number of nitrogens with zero attached hydrogens (tertiary/aromatic N) is 3. The summed E-state index contributed by atoms with van der Waals surface area (Å²) in [6, 6.07) is 1.84. The molecule has 0 fully saturated rings. The second-order valence-corrected chi connectivity index (χ2v) is 6.63. The average molecular weight is 514 g/mol. The van der Waals surface area contributed by atoms with E-state index in [9.17, 15) is 0 Å². The number of aromatic nitrogens is 2. The lowest BCUT2D eigenvalue weighted by Gasteiger charge is -2.11. The van der Waals surface area contributed by atoms with Crippen LogP contribution < -0.4 is 10.6 Å². The molecule has 0 bridgehead atoms. The predicted octanol–water partition coefficient (Wildman–Crippen LogP) is 4.24. The molecule has 0 saturated carbocycles. The van der Waals surface area contributed by atoms with Crippen LogP contribution in [0.15, 0.2) is 15.6 Å². The van der Waals surface area contributed by atoms with Gasteiger partial charge in [-0.3, -0.25) is 0 Å². The number of aliphatic imine (C=N–C) groups is 1. The first-order valence-electron chi connectivity index (χ1n) is 8.37. The Hall–Kier alpha value is -0.930. The highest BCUT2D eigenvalue weighted by atomic mass is 127.